The van der Waals surface area contributed by atoms with Gasteiger partial charge in [-0.1, -0.05) is 0 Å². The summed E-state index contributed by atoms with van der Waals surface area (Å²) in [6.45, 7) is 0. The highest BCUT2D eigenvalue weighted by Crippen LogP contribution is 2.32. The second kappa shape index (κ2) is 3.84. The van der Waals surface area contributed by atoms with Crippen molar-refractivity contribution in [3.05, 3.63) is 17.9 Å². The molecule has 1 aromatic rings. The number of methoxy groups -OCH3 is 1. The maximum Gasteiger partial charge on any atom is 0.573 e. The van der Waals surface area contributed by atoms with E-state index in [2.05, 4.69) is 9.47 Å². The van der Waals surface area contributed by atoms with Crippen LogP contribution in [0.15, 0.2) is 12.1 Å². The first kappa shape index (κ1) is 11.4. The molecule has 0 atom stereocenters. The Labute approximate surface area is 82.4 Å². The molecule has 0 spiro atoms. The van der Waals surface area contributed by atoms with E-state index in [4.69, 9.17) is 5.73 Å². The molecule has 0 aromatic heterocycles. The van der Waals surface area contributed by atoms with Gasteiger partial charge in [0.15, 0.2) is 11.6 Å². The Balaban J connectivity index is 3.11. The van der Waals surface area contributed by atoms with Crippen LogP contribution < -0.4 is 15.2 Å². The van der Waals surface area contributed by atoms with Gasteiger partial charge >= 0.3 is 6.36 Å². The van der Waals surface area contributed by atoms with Crippen LogP contribution in [-0.2, 0) is 0 Å². The fraction of sp³-hybridized carbons (Fsp3) is 0.250. The van der Waals surface area contributed by atoms with Gasteiger partial charge in [-0.2, -0.15) is 0 Å². The van der Waals surface area contributed by atoms with Crippen LogP contribution in [-0.4, -0.2) is 13.5 Å². The van der Waals surface area contributed by atoms with Gasteiger partial charge in [0, 0.05) is 12.1 Å². The number of nitrogen functional groups attached to an aromatic ring is 1. The molecule has 7 heteroatoms. The standard InChI is InChI=1S/C8H7F4NO2/c1-14-4-2-5(13)7(9)6(3-4)15-8(10,11)12/h2-3H,13H2,1H3. The predicted molar refractivity (Wildman–Crippen MR) is 44.0 cm³/mol. The number of benzene rings is 1. The van der Waals surface area contributed by atoms with Crippen LogP contribution in [0.5, 0.6) is 11.5 Å². The highest BCUT2D eigenvalue weighted by molar-refractivity contribution is 5.52. The maximum absolute atomic E-state index is 13.0. The van der Waals surface area contributed by atoms with Crippen LogP contribution in [0, 0.1) is 5.82 Å². The number of hydrogen-bond acceptors (Lipinski definition) is 3. The third kappa shape index (κ3) is 2.90. The molecule has 3 nitrogen and oxygen atoms in total. The predicted octanol–water partition coefficient (Wildman–Crippen LogP) is 2.32. The van der Waals surface area contributed by atoms with E-state index in [1.807, 2.05) is 0 Å². The molecule has 0 amide bonds. The van der Waals surface area contributed by atoms with Crippen molar-refractivity contribution in [1.82, 2.24) is 0 Å². The van der Waals surface area contributed by atoms with Crippen LogP contribution in [0.1, 0.15) is 0 Å². The molecule has 0 saturated heterocycles. The zero-order valence-electron chi connectivity index (χ0n) is 7.56. The number of ether oxygens (including phenoxy) is 2. The Morgan fingerprint density at radius 2 is 1.87 bits per heavy atom. The highest BCUT2D eigenvalue weighted by Gasteiger charge is 2.33. The van der Waals surface area contributed by atoms with Crippen molar-refractivity contribution in [3.63, 3.8) is 0 Å². The number of rotatable bonds is 2. The van der Waals surface area contributed by atoms with Gasteiger partial charge in [0.05, 0.1) is 12.8 Å². The lowest BCUT2D eigenvalue weighted by atomic mass is 10.2. The fourth-order valence-corrected chi connectivity index (χ4v) is 0.910. The molecule has 0 bridgehead atoms. The van der Waals surface area contributed by atoms with Crippen molar-refractivity contribution in [1.29, 1.82) is 0 Å². The van der Waals surface area contributed by atoms with Gasteiger partial charge in [0.2, 0.25) is 0 Å². The Bertz CT molecular complexity index is 364. The molecule has 0 saturated carbocycles. The summed E-state index contributed by atoms with van der Waals surface area (Å²) in [6.07, 6.45) is -4.97. The van der Waals surface area contributed by atoms with Gasteiger partial charge in [0.1, 0.15) is 5.75 Å². The normalized spacial score (nSPS) is 11.3. The Morgan fingerprint density at radius 3 is 2.33 bits per heavy atom. The Kier molecular flexibility index (Phi) is 2.92. The maximum atomic E-state index is 13.0. The quantitative estimate of drug-likeness (QED) is 0.620. The largest absolute Gasteiger partial charge is 0.573 e. The molecule has 2 N–H and O–H groups in total. The zero-order valence-corrected chi connectivity index (χ0v) is 7.56. The van der Waals surface area contributed by atoms with Gasteiger partial charge in [-0.15, -0.1) is 13.2 Å². The molecule has 0 aliphatic heterocycles. The fourth-order valence-electron chi connectivity index (χ4n) is 0.910. The molecule has 0 heterocycles. The average molecular weight is 225 g/mol. The van der Waals surface area contributed by atoms with Gasteiger partial charge in [-0.05, 0) is 0 Å². The molecule has 0 fully saturated rings. The molecule has 1 aromatic carbocycles. The topological polar surface area (TPSA) is 44.5 Å². The average Bonchev–Trinajstić information content (AvgIpc) is 2.10. The van der Waals surface area contributed by atoms with Gasteiger partial charge in [-0.25, -0.2) is 4.39 Å². The zero-order chi connectivity index (χ0) is 11.6. The van der Waals surface area contributed by atoms with E-state index in [0.29, 0.717) is 0 Å². The van der Waals surface area contributed by atoms with E-state index in [1.165, 1.54) is 7.11 Å². The number of halogens is 4. The van der Waals surface area contributed by atoms with E-state index in [1.54, 1.807) is 0 Å². The van der Waals surface area contributed by atoms with E-state index in [0.717, 1.165) is 12.1 Å². The van der Waals surface area contributed by atoms with Crippen molar-refractivity contribution in [2.24, 2.45) is 0 Å². The van der Waals surface area contributed by atoms with Crippen molar-refractivity contribution >= 4 is 5.69 Å². The van der Waals surface area contributed by atoms with Crippen molar-refractivity contribution in [2.45, 2.75) is 6.36 Å². The number of hydrogen-bond donors (Lipinski definition) is 1. The molecule has 84 valence electrons. The smallest absolute Gasteiger partial charge is 0.497 e. The summed E-state index contributed by atoms with van der Waals surface area (Å²) in [7, 11) is 1.21. The van der Waals surface area contributed by atoms with Crippen molar-refractivity contribution < 1.29 is 27.0 Å². The molecule has 0 unspecified atom stereocenters. The monoisotopic (exact) mass is 225 g/mol. The first-order valence-corrected chi connectivity index (χ1v) is 3.72. The number of alkyl halides is 3. The first-order valence-electron chi connectivity index (χ1n) is 3.72. The lowest BCUT2D eigenvalue weighted by molar-refractivity contribution is -0.275. The molecular formula is C8H7F4NO2. The molecule has 15 heavy (non-hydrogen) atoms. The molecule has 0 radical (unpaired) electrons. The van der Waals surface area contributed by atoms with E-state index in [9.17, 15) is 17.6 Å². The summed E-state index contributed by atoms with van der Waals surface area (Å²) >= 11 is 0. The van der Waals surface area contributed by atoms with Crippen LogP contribution in [0.3, 0.4) is 0 Å². The molecule has 0 aliphatic carbocycles. The van der Waals surface area contributed by atoms with Gasteiger partial charge < -0.3 is 15.2 Å². The first-order chi connectivity index (χ1) is 6.83. The van der Waals surface area contributed by atoms with Crippen molar-refractivity contribution in [3.8, 4) is 11.5 Å². The van der Waals surface area contributed by atoms with Crippen LogP contribution in [0.2, 0.25) is 0 Å². The van der Waals surface area contributed by atoms with E-state index in [-0.39, 0.29) is 5.75 Å². The number of nitrogens with two attached hydrogens (primary N) is 1. The summed E-state index contributed by atoms with van der Waals surface area (Å²) in [5.74, 6) is -2.30. The molecular weight excluding hydrogens is 218 g/mol. The second-order valence-corrected chi connectivity index (χ2v) is 2.58. The minimum Gasteiger partial charge on any atom is -0.497 e. The number of anilines is 1. The molecule has 1 rings (SSSR count). The lowest BCUT2D eigenvalue weighted by Gasteiger charge is -2.12. The third-order valence-electron chi connectivity index (χ3n) is 1.50. The van der Waals surface area contributed by atoms with E-state index >= 15 is 0 Å². The minimum atomic E-state index is -4.97. The summed E-state index contributed by atoms with van der Waals surface area (Å²) < 4.78 is 56.5. The van der Waals surface area contributed by atoms with Gasteiger partial charge in [0.25, 0.3) is 0 Å². The Morgan fingerprint density at radius 1 is 1.27 bits per heavy atom. The van der Waals surface area contributed by atoms with E-state index < -0.39 is 23.6 Å². The summed E-state index contributed by atoms with van der Waals surface area (Å²) in [4.78, 5) is 0. The van der Waals surface area contributed by atoms with Crippen LogP contribution in [0.4, 0.5) is 23.2 Å². The second-order valence-electron chi connectivity index (χ2n) is 2.58. The molecule has 0 aliphatic rings. The lowest BCUT2D eigenvalue weighted by Crippen LogP contribution is -2.18. The summed E-state index contributed by atoms with van der Waals surface area (Å²) in [6, 6.07) is 1.82. The van der Waals surface area contributed by atoms with Crippen molar-refractivity contribution in [2.75, 3.05) is 12.8 Å². The third-order valence-corrected chi connectivity index (χ3v) is 1.50. The van der Waals surface area contributed by atoms with Crippen LogP contribution >= 0.6 is 0 Å². The van der Waals surface area contributed by atoms with Crippen LogP contribution in [0.25, 0.3) is 0 Å². The Hall–Kier alpha value is -1.66. The summed E-state index contributed by atoms with van der Waals surface area (Å²) in [5, 5.41) is 0. The summed E-state index contributed by atoms with van der Waals surface area (Å²) in [5.41, 5.74) is 4.64. The minimum absolute atomic E-state index is 0.0202. The van der Waals surface area contributed by atoms with Gasteiger partial charge in [-0.3, -0.25) is 0 Å². The highest BCUT2D eigenvalue weighted by atomic mass is 19.4. The SMILES string of the molecule is COc1cc(N)c(F)c(OC(F)(F)F)c1.